The molecule has 1 aromatic carbocycles. The Morgan fingerprint density at radius 2 is 1.96 bits per heavy atom. The summed E-state index contributed by atoms with van der Waals surface area (Å²) in [5.41, 5.74) is 6.79. The van der Waals surface area contributed by atoms with Crippen LogP contribution in [-0.4, -0.2) is 48.5 Å². The lowest BCUT2D eigenvalue weighted by Crippen LogP contribution is -2.53. The standard InChI is InChI=1S/C20H31N5O/c1-15-14-25(13-12-22-15)20(23-16-8-4-2-3-5-9-16)24-18-11-7-6-10-17(18)19(21)26/h6-7,10-11,15-16,22H,2-5,8-9,12-14H2,1H3,(H2,21,26)(H,23,24)/t15-/m0/s1. The van der Waals surface area contributed by atoms with Crippen molar-refractivity contribution in [1.29, 1.82) is 0 Å². The van der Waals surface area contributed by atoms with Crippen molar-refractivity contribution in [2.24, 2.45) is 10.7 Å². The molecule has 142 valence electrons. The van der Waals surface area contributed by atoms with Crippen molar-refractivity contribution in [1.82, 2.24) is 10.2 Å². The van der Waals surface area contributed by atoms with E-state index in [-0.39, 0.29) is 0 Å². The summed E-state index contributed by atoms with van der Waals surface area (Å²) in [5, 5.41) is 6.91. The van der Waals surface area contributed by atoms with Gasteiger partial charge in [0.2, 0.25) is 0 Å². The number of benzene rings is 1. The highest BCUT2D eigenvalue weighted by molar-refractivity contribution is 6.03. The van der Waals surface area contributed by atoms with Crippen molar-refractivity contribution in [3.05, 3.63) is 29.8 Å². The number of hydrogen-bond acceptors (Lipinski definition) is 3. The average Bonchev–Trinajstić information content (AvgIpc) is 2.90. The van der Waals surface area contributed by atoms with E-state index in [2.05, 4.69) is 22.5 Å². The molecule has 0 unspecified atom stereocenters. The van der Waals surface area contributed by atoms with Gasteiger partial charge in [-0.2, -0.15) is 0 Å². The van der Waals surface area contributed by atoms with Crippen LogP contribution in [0.25, 0.3) is 0 Å². The maximum absolute atomic E-state index is 11.8. The molecule has 1 aliphatic carbocycles. The number of aliphatic imine (C=N–C) groups is 1. The van der Waals surface area contributed by atoms with Crippen LogP contribution in [0, 0.1) is 0 Å². The molecular weight excluding hydrogens is 326 g/mol. The minimum atomic E-state index is -0.421. The Morgan fingerprint density at radius 3 is 2.65 bits per heavy atom. The van der Waals surface area contributed by atoms with E-state index in [1.807, 2.05) is 18.2 Å². The van der Waals surface area contributed by atoms with Gasteiger partial charge in [-0.15, -0.1) is 0 Å². The van der Waals surface area contributed by atoms with E-state index in [9.17, 15) is 4.79 Å². The molecule has 1 saturated carbocycles. The minimum absolute atomic E-state index is 0.353. The number of anilines is 1. The highest BCUT2D eigenvalue weighted by Crippen LogP contribution is 2.22. The van der Waals surface area contributed by atoms with Crippen LogP contribution in [0.4, 0.5) is 5.69 Å². The Labute approximate surface area is 156 Å². The third-order valence-corrected chi connectivity index (χ3v) is 5.24. The smallest absolute Gasteiger partial charge is 0.250 e. The van der Waals surface area contributed by atoms with Crippen LogP contribution in [0.3, 0.4) is 0 Å². The zero-order chi connectivity index (χ0) is 18.4. The number of nitrogens with one attached hydrogen (secondary N) is 2. The second-order valence-corrected chi connectivity index (χ2v) is 7.43. The molecule has 0 bridgehead atoms. The van der Waals surface area contributed by atoms with Crippen molar-refractivity contribution < 1.29 is 4.79 Å². The predicted molar refractivity (Wildman–Crippen MR) is 107 cm³/mol. The lowest BCUT2D eigenvalue weighted by molar-refractivity contribution is 0.100. The molecule has 0 spiro atoms. The number of guanidine groups is 1. The lowest BCUT2D eigenvalue weighted by atomic mass is 10.1. The van der Waals surface area contributed by atoms with E-state index in [1.54, 1.807) is 6.07 Å². The van der Waals surface area contributed by atoms with Gasteiger partial charge in [-0.3, -0.25) is 4.79 Å². The molecule has 26 heavy (non-hydrogen) atoms. The molecule has 1 heterocycles. The van der Waals surface area contributed by atoms with E-state index in [0.717, 1.165) is 44.1 Å². The first-order valence-electron chi connectivity index (χ1n) is 9.85. The van der Waals surface area contributed by atoms with Crippen molar-refractivity contribution in [2.45, 2.75) is 57.5 Å². The maximum Gasteiger partial charge on any atom is 0.250 e. The summed E-state index contributed by atoms with van der Waals surface area (Å²) in [6.07, 6.45) is 7.40. The van der Waals surface area contributed by atoms with Gasteiger partial charge < -0.3 is 21.3 Å². The Kier molecular flexibility index (Phi) is 6.50. The Hall–Kier alpha value is -2.08. The van der Waals surface area contributed by atoms with Gasteiger partial charge in [0.25, 0.3) is 5.91 Å². The van der Waals surface area contributed by atoms with Crippen LogP contribution in [-0.2, 0) is 0 Å². The van der Waals surface area contributed by atoms with Crippen molar-refractivity contribution in [2.75, 3.05) is 25.0 Å². The fourth-order valence-corrected chi connectivity index (χ4v) is 3.80. The summed E-state index contributed by atoms with van der Waals surface area (Å²) in [4.78, 5) is 19.2. The Balaban J connectivity index is 1.86. The number of piperazine rings is 1. The summed E-state index contributed by atoms with van der Waals surface area (Å²) in [7, 11) is 0. The number of nitrogens with zero attached hydrogens (tertiary/aromatic N) is 2. The zero-order valence-corrected chi connectivity index (χ0v) is 15.7. The number of nitrogens with two attached hydrogens (primary N) is 1. The van der Waals surface area contributed by atoms with Gasteiger partial charge in [-0.1, -0.05) is 37.8 Å². The number of para-hydroxylation sites is 1. The first kappa shape index (κ1) is 18.7. The number of carbonyl (C=O) groups is 1. The molecule has 1 amide bonds. The van der Waals surface area contributed by atoms with Crippen LogP contribution in [0.15, 0.2) is 29.3 Å². The van der Waals surface area contributed by atoms with Gasteiger partial charge in [0.1, 0.15) is 0 Å². The average molecular weight is 358 g/mol. The largest absolute Gasteiger partial charge is 0.366 e. The summed E-state index contributed by atoms with van der Waals surface area (Å²) < 4.78 is 0. The summed E-state index contributed by atoms with van der Waals surface area (Å²) in [6.45, 7) is 4.93. The van der Waals surface area contributed by atoms with Crippen molar-refractivity contribution in [3.8, 4) is 0 Å². The molecule has 1 saturated heterocycles. The van der Waals surface area contributed by atoms with Gasteiger partial charge in [0.05, 0.1) is 17.3 Å². The molecule has 1 aliphatic heterocycles. The number of hydrogen-bond donors (Lipinski definition) is 3. The summed E-state index contributed by atoms with van der Waals surface area (Å²) in [6, 6.07) is 8.17. The summed E-state index contributed by atoms with van der Waals surface area (Å²) >= 11 is 0. The Bertz CT molecular complexity index is 637. The third-order valence-electron chi connectivity index (χ3n) is 5.24. The van der Waals surface area contributed by atoms with E-state index < -0.39 is 5.91 Å². The molecule has 2 aliphatic rings. The van der Waals surface area contributed by atoms with Crippen LogP contribution in [0.5, 0.6) is 0 Å². The normalized spacial score (nSPS) is 22.7. The van der Waals surface area contributed by atoms with Gasteiger partial charge >= 0.3 is 0 Å². The number of rotatable bonds is 3. The molecule has 0 aromatic heterocycles. The first-order valence-corrected chi connectivity index (χ1v) is 9.85. The monoisotopic (exact) mass is 357 g/mol. The molecule has 4 N–H and O–H groups in total. The fraction of sp³-hybridized carbons (Fsp3) is 0.600. The van der Waals surface area contributed by atoms with Crippen molar-refractivity contribution >= 4 is 17.6 Å². The third kappa shape index (κ3) is 4.97. The summed E-state index contributed by atoms with van der Waals surface area (Å²) in [5.74, 6) is 0.453. The molecule has 3 rings (SSSR count). The molecule has 1 aromatic rings. The van der Waals surface area contributed by atoms with Crippen LogP contribution in [0.2, 0.25) is 0 Å². The van der Waals surface area contributed by atoms with E-state index in [0.29, 0.717) is 17.6 Å². The predicted octanol–water partition coefficient (Wildman–Crippen LogP) is 2.57. The molecule has 2 fully saturated rings. The fourth-order valence-electron chi connectivity index (χ4n) is 3.80. The quantitative estimate of drug-likeness (QED) is 0.441. The van der Waals surface area contributed by atoms with Gasteiger partial charge in [0.15, 0.2) is 5.96 Å². The van der Waals surface area contributed by atoms with Gasteiger partial charge in [-0.05, 0) is 31.9 Å². The van der Waals surface area contributed by atoms with E-state index >= 15 is 0 Å². The molecule has 6 heteroatoms. The van der Waals surface area contributed by atoms with Gasteiger partial charge in [-0.25, -0.2) is 4.99 Å². The number of amides is 1. The number of carbonyl (C=O) groups excluding carboxylic acids is 1. The van der Waals surface area contributed by atoms with Crippen LogP contribution < -0.4 is 16.4 Å². The molecule has 6 nitrogen and oxygen atoms in total. The van der Waals surface area contributed by atoms with E-state index in [4.69, 9.17) is 10.7 Å². The topological polar surface area (TPSA) is 82.8 Å². The SMILES string of the molecule is C[C@H]1CN(/C(=N\C2CCCCCC2)Nc2ccccc2C(N)=O)CCN1. The highest BCUT2D eigenvalue weighted by atomic mass is 16.1. The second kappa shape index (κ2) is 9.03. The Morgan fingerprint density at radius 1 is 1.23 bits per heavy atom. The first-order chi connectivity index (χ1) is 12.6. The maximum atomic E-state index is 11.8. The molecular formula is C20H31N5O. The highest BCUT2D eigenvalue weighted by Gasteiger charge is 2.22. The van der Waals surface area contributed by atoms with Crippen LogP contribution >= 0.6 is 0 Å². The minimum Gasteiger partial charge on any atom is -0.366 e. The van der Waals surface area contributed by atoms with E-state index in [1.165, 1.54) is 25.7 Å². The molecule has 0 radical (unpaired) electrons. The zero-order valence-electron chi connectivity index (χ0n) is 15.7. The molecule has 1 atom stereocenters. The van der Waals surface area contributed by atoms with Crippen LogP contribution in [0.1, 0.15) is 55.8 Å². The lowest BCUT2D eigenvalue weighted by Gasteiger charge is -2.35. The van der Waals surface area contributed by atoms with Crippen molar-refractivity contribution in [3.63, 3.8) is 0 Å². The number of primary amides is 1. The van der Waals surface area contributed by atoms with Gasteiger partial charge in [0, 0.05) is 25.7 Å². The second-order valence-electron chi connectivity index (χ2n) is 7.43.